The average molecular weight is 201 g/mol. The molecule has 0 fully saturated rings. The van der Waals surface area contributed by atoms with E-state index >= 15 is 0 Å². The molecule has 15 heavy (non-hydrogen) atoms. The number of hydrogen-bond acceptors (Lipinski definition) is 3. The summed E-state index contributed by atoms with van der Waals surface area (Å²) in [5.74, 6) is 1.38. The Hall–Kier alpha value is -1.95. The SMILES string of the molecule is COc1cc2c(cc1OC)C(C#N)=CC2. The van der Waals surface area contributed by atoms with Gasteiger partial charge in [-0.3, -0.25) is 0 Å². The second-order valence-corrected chi connectivity index (χ2v) is 3.30. The highest BCUT2D eigenvalue weighted by molar-refractivity contribution is 5.83. The average Bonchev–Trinajstić information content (AvgIpc) is 2.68. The zero-order valence-electron chi connectivity index (χ0n) is 8.70. The maximum atomic E-state index is 8.91. The van der Waals surface area contributed by atoms with Gasteiger partial charge in [0.15, 0.2) is 11.5 Å². The number of methoxy groups -OCH3 is 2. The van der Waals surface area contributed by atoms with Crippen LogP contribution in [0.5, 0.6) is 11.5 Å². The molecule has 0 aliphatic heterocycles. The Morgan fingerprint density at radius 1 is 1.20 bits per heavy atom. The Kier molecular flexibility index (Phi) is 2.34. The lowest BCUT2D eigenvalue weighted by atomic mass is 10.1. The van der Waals surface area contributed by atoms with Gasteiger partial charge in [0.05, 0.1) is 25.9 Å². The summed E-state index contributed by atoms with van der Waals surface area (Å²) in [6.07, 6.45) is 2.71. The van der Waals surface area contributed by atoms with Crippen LogP contribution in [0.2, 0.25) is 0 Å². The molecule has 0 radical (unpaired) electrons. The normalized spacial score (nSPS) is 12.7. The van der Waals surface area contributed by atoms with Gasteiger partial charge in [0, 0.05) is 0 Å². The molecule has 1 aliphatic carbocycles. The fraction of sp³-hybridized carbons (Fsp3) is 0.250. The Balaban J connectivity index is 2.55. The summed E-state index contributed by atoms with van der Waals surface area (Å²) in [5, 5.41) is 8.91. The summed E-state index contributed by atoms with van der Waals surface area (Å²) in [4.78, 5) is 0. The van der Waals surface area contributed by atoms with E-state index in [0.717, 1.165) is 17.5 Å². The van der Waals surface area contributed by atoms with Crippen LogP contribution in [0.15, 0.2) is 18.2 Å². The first kappa shape index (κ1) is 9.60. The summed E-state index contributed by atoms with van der Waals surface area (Å²) in [5.41, 5.74) is 2.78. The highest BCUT2D eigenvalue weighted by Gasteiger charge is 2.17. The molecule has 1 aromatic carbocycles. The van der Waals surface area contributed by atoms with Gasteiger partial charge in [-0.1, -0.05) is 6.08 Å². The molecule has 2 rings (SSSR count). The van der Waals surface area contributed by atoms with Gasteiger partial charge in [-0.15, -0.1) is 0 Å². The van der Waals surface area contributed by atoms with Gasteiger partial charge in [-0.05, 0) is 29.7 Å². The third-order valence-electron chi connectivity index (χ3n) is 2.55. The summed E-state index contributed by atoms with van der Waals surface area (Å²) in [7, 11) is 3.20. The smallest absolute Gasteiger partial charge is 0.161 e. The lowest BCUT2D eigenvalue weighted by molar-refractivity contribution is 0.354. The van der Waals surface area contributed by atoms with Crippen LogP contribution >= 0.6 is 0 Å². The number of allylic oxidation sites excluding steroid dienone is 2. The molecule has 0 amide bonds. The molecule has 0 atom stereocenters. The largest absolute Gasteiger partial charge is 0.493 e. The second-order valence-electron chi connectivity index (χ2n) is 3.30. The van der Waals surface area contributed by atoms with Crippen molar-refractivity contribution in [3.63, 3.8) is 0 Å². The van der Waals surface area contributed by atoms with Crippen molar-refractivity contribution in [3.8, 4) is 17.6 Å². The third kappa shape index (κ3) is 1.44. The molecular formula is C12H11NO2. The number of ether oxygens (including phenoxy) is 2. The number of rotatable bonds is 2. The first-order valence-electron chi connectivity index (χ1n) is 4.65. The molecular weight excluding hydrogens is 190 g/mol. The minimum atomic E-state index is 0.666. The van der Waals surface area contributed by atoms with E-state index in [1.54, 1.807) is 14.2 Å². The molecule has 3 nitrogen and oxygen atoms in total. The summed E-state index contributed by atoms with van der Waals surface area (Å²) in [6.45, 7) is 0. The fourth-order valence-corrected chi connectivity index (χ4v) is 1.77. The molecule has 0 bridgehead atoms. The lowest BCUT2D eigenvalue weighted by Crippen LogP contribution is -1.93. The van der Waals surface area contributed by atoms with Crippen LogP contribution in [-0.4, -0.2) is 14.2 Å². The zero-order chi connectivity index (χ0) is 10.8. The Morgan fingerprint density at radius 2 is 1.87 bits per heavy atom. The first-order chi connectivity index (χ1) is 7.30. The summed E-state index contributed by atoms with van der Waals surface area (Å²) < 4.78 is 10.4. The van der Waals surface area contributed by atoms with Crippen molar-refractivity contribution < 1.29 is 9.47 Å². The molecule has 3 heteroatoms. The zero-order valence-corrected chi connectivity index (χ0v) is 8.70. The van der Waals surface area contributed by atoms with E-state index in [1.807, 2.05) is 18.2 Å². The fourth-order valence-electron chi connectivity index (χ4n) is 1.77. The van der Waals surface area contributed by atoms with Crippen LogP contribution in [0.3, 0.4) is 0 Å². The Labute approximate surface area is 88.5 Å². The van der Waals surface area contributed by atoms with Crippen molar-refractivity contribution in [1.29, 1.82) is 5.26 Å². The molecule has 0 spiro atoms. The van der Waals surface area contributed by atoms with Crippen LogP contribution in [0.4, 0.5) is 0 Å². The van der Waals surface area contributed by atoms with Crippen molar-refractivity contribution in [2.75, 3.05) is 14.2 Å². The minimum absolute atomic E-state index is 0.666. The van der Waals surface area contributed by atoms with Gasteiger partial charge in [-0.2, -0.15) is 5.26 Å². The molecule has 0 heterocycles. The molecule has 76 valence electrons. The van der Waals surface area contributed by atoms with E-state index in [-0.39, 0.29) is 0 Å². The van der Waals surface area contributed by atoms with E-state index in [9.17, 15) is 0 Å². The number of fused-ring (bicyclic) bond motifs is 1. The molecule has 0 saturated carbocycles. The van der Waals surface area contributed by atoms with Gasteiger partial charge >= 0.3 is 0 Å². The van der Waals surface area contributed by atoms with Gasteiger partial charge in [-0.25, -0.2) is 0 Å². The number of benzene rings is 1. The van der Waals surface area contributed by atoms with Crippen molar-refractivity contribution in [1.82, 2.24) is 0 Å². The minimum Gasteiger partial charge on any atom is -0.493 e. The first-order valence-corrected chi connectivity index (χ1v) is 4.65. The third-order valence-corrected chi connectivity index (χ3v) is 2.55. The quantitative estimate of drug-likeness (QED) is 0.736. The molecule has 0 unspecified atom stereocenters. The summed E-state index contributed by atoms with van der Waals surface area (Å²) >= 11 is 0. The van der Waals surface area contributed by atoms with Crippen LogP contribution in [-0.2, 0) is 6.42 Å². The molecule has 1 aromatic rings. The van der Waals surface area contributed by atoms with Gasteiger partial charge < -0.3 is 9.47 Å². The van der Waals surface area contributed by atoms with E-state index in [0.29, 0.717) is 17.1 Å². The van der Waals surface area contributed by atoms with Crippen LogP contribution in [0, 0.1) is 11.3 Å². The maximum Gasteiger partial charge on any atom is 0.161 e. The van der Waals surface area contributed by atoms with E-state index < -0.39 is 0 Å². The number of nitriles is 1. The standard InChI is InChI=1S/C12H11NO2/c1-14-11-5-8-3-4-9(7-13)10(8)6-12(11)15-2/h4-6H,3H2,1-2H3. The predicted molar refractivity (Wildman–Crippen MR) is 56.8 cm³/mol. The molecule has 0 saturated heterocycles. The van der Waals surface area contributed by atoms with E-state index in [4.69, 9.17) is 14.7 Å². The number of nitrogens with zero attached hydrogens (tertiary/aromatic N) is 1. The van der Waals surface area contributed by atoms with Crippen molar-refractivity contribution in [2.45, 2.75) is 6.42 Å². The van der Waals surface area contributed by atoms with Crippen molar-refractivity contribution in [2.24, 2.45) is 0 Å². The summed E-state index contributed by atoms with van der Waals surface area (Å²) in [6, 6.07) is 5.96. The van der Waals surface area contributed by atoms with Crippen molar-refractivity contribution >= 4 is 5.57 Å². The number of hydrogen-bond donors (Lipinski definition) is 0. The van der Waals surface area contributed by atoms with E-state index in [2.05, 4.69) is 6.07 Å². The highest BCUT2D eigenvalue weighted by atomic mass is 16.5. The van der Waals surface area contributed by atoms with Crippen molar-refractivity contribution in [3.05, 3.63) is 29.3 Å². The second kappa shape index (κ2) is 3.66. The Bertz CT molecular complexity index is 469. The van der Waals surface area contributed by atoms with Crippen LogP contribution < -0.4 is 9.47 Å². The van der Waals surface area contributed by atoms with E-state index in [1.165, 1.54) is 0 Å². The molecule has 1 aliphatic rings. The van der Waals surface area contributed by atoms with Crippen LogP contribution in [0.25, 0.3) is 5.57 Å². The van der Waals surface area contributed by atoms with Gasteiger partial charge in [0.1, 0.15) is 0 Å². The Morgan fingerprint density at radius 3 is 2.47 bits per heavy atom. The predicted octanol–water partition coefficient (Wildman–Crippen LogP) is 2.17. The molecule has 0 aromatic heterocycles. The van der Waals surface area contributed by atoms with Crippen LogP contribution in [0.1, 0.15) is 11.1 Å². The monoisotopic (exact) mass is 201 g/mol. The molecule has 0 N–H and O–H groups in total. The topological polar surface area (TPSA) is 42.2 Å². The lowest BCUT2D eigenvalue weighted by Gasteiger charge is -2.10. The van der Waals surface area contributed by atoms with Gasteiger partial charge in [0.25, 0.3) is 0 Å². The highest BCUT2D eigenvalue weighted by Crippen LogP contribution is 2.36. The van der Waals surface area contributed by atoms with Gasteiger partial charge in [0.2, 0.25) is 0 Å². The maximum absolute atomic E-state index is 8.91.